The highest BCUT2D eigenvalue weighted by atomic mass is 32.2. The fourth-order valence-corrected chi connectivity index (χ4v) is 1.44. The maximum atomic E-state index is 10.7. The first-order chi connectivity index (χ1) is 5.58. The number of hydrogen-bond donors (Lipinski definition) is 0. The minimum absolute atomic E-state index is 0.207. The Morgan fingerprint density at radius 2 is 2.25 bits per heavy atom. The first-order valence-corrected chi connectivity index (χ1v) is 6.01. The summed E-state index contributed by atoms with van der Waals surface area (Å²) in [5.41, 5.74) is 0. The molecule has 5 heteroatoms. The monoisotopic (exact) mass is 194 g/mol. The van der Waals surface area contributed by atoms with Crippen molar-refractivity contribution in [3.63, 3.8) is 0 Å². The van der Waals surface area contributed by atoms with E-state index in [9.17, 15) is 8.42 Å². The Morgan fingerprint density at radius 3 is 2.75 bits per heavy atom. The Bertz CT molecular complexity index is 218. The summed E-state index contributed by atoms with van der Waals surface area (Å²) in [7, 11) is -2.82. The summed E-state index contributed by atoms with van der Waals surface area (Å²) < 4.78 is 31.4. The smallest absolute Gasteiger partial charge is 0.147 e. The summed E-state index contributed by atoms with van der Waals surface area (Å²) in [6.45, 7) is 1.89. The van der Waals surface area contributed by atoms with E-state index in [1.54, 1.807) is 0 Å². The van der Waals surface area contributed by atoms with Crippen LogP contribution in [0.1, 0.15) is 6.42 Å². The van der Waals surface area contributed by atoms with Crippen LogP contribution in [0, 0.1) is 0 Å². The Hall–Kier alpha value is -0.130. The first kappa shape index (κ1) is 9.95. The summed E-state index contributed by atoms with van der Waals surface area (Å²) in [6.07, 6.45) is 2.07. The lowest BCUT2D eigenvalue weighted by atomic mass is 10.5. The molecule has 72 valence electrons. The molecule has 0 aromatic heterocycles. The highest BCUT2D eigenvalue weighted by molar-refractivity contribution is 7.90. The number of rotatable bonds is 6. The van der Waals surface area contributed by atoms with E-state index < -0.39 is 9.84 Å². The van der Waals surface area contributed by atoms with E-state index in [1.807, 2.05) is 0 Å². The highest BCUT2D eigenvalue weighted by Crippen LogP contribution is 2.08. The molecular formula is C7H14O4S. The van der Waals surface area contributed by atoms with Gasteiger partial charge in [0, 0.05) is 12.9 Å². The van der Waals surface area contributed by atoms with Crippen LogP contribution in [-0.4, -0.2) is 46.4 Å². The number of sulfone groups is 1. The molecule has 0 aromatic carbocycles. The molecule has 1 atom stereocenters. The largest absolute Gasteiger partial charge is 0.379 e. The Labute approximate surface area is 72.8 Å². The lowest BCUT2D eigenvalue weighted by molar-refractivity contribution is 0.117. The molecule has 1 unspecified atom stereocenters. The minimum Gasteiger partial charge on any atom is -0.379 e. The number of epoxide rings is 1. The van der Waals surface area contributed by atoms with Gasteiger partial charge >= 0.3 is 0 Å². The summed E-state index contributed by atoms with van der Waals surface area (Å²) >= 11 is 0. The van der Waals surface area contributed by atoms with Gasteiger partial charge in [-0.2, -0.15) is 0 Å². The van der Waals surface area contributed by atoms with Crippen LogP contribution < -0.4 is 0 Å². The third-order valence-corrected chi connectivity index (χ3v) is 2.54. The third-order valence-electron chi connectivity index (χ3n) is 1.51. The van der Waals surface area contributed by atoms with Crippen molar-refractivity contribution in [3.05, 3.63) is 0 Å². The van der Waals surface area contributed by atoms with Crippen LogP contribution in [0.2, 0.25) is 0 Å². The van der Waals surface area contributed by atoms with Crippen molar-refractivity contribution in [1.82, 2.24) is 0 Å². The van der Waals surface area contributed by atoms with Gasteiger partial charge in [0.2, 0.25) is 0 Å². The Kier molecular flexibility index (Phi) is 3.49. The minimum atomic E-state index is -2.82. The third kappa shape index (κ3) is 5.51. The second kappa shape index (κ2) is 4.20. The van der Waals surface area contributed by atoms with Crippen molar-refractivity contribution in [2.24, 2.45) is 0 Å². The molecule has 1 heterocycles. The fourth-order valence-electron chi connectivity index (χ4n) is 0.802. The molecule has 1 fully saturated rings. The maximum absolute atomic E-state index is 10.7. The topological polar surface area (TPSA) is 55.9 Å². The van der Waals surface area contributed by atoms with Gasteiger partial charge in [-0.25, -0.2) is 8.42 Å². The normalized spacial score (nSPS) is 22.6. The van der Waals surface area contributed by atoms with Gasteiger partial charge in [0.25, 0.3) is 0 Å². The van der Waals surface area contributed by atoms with E-state index in [4.69, 9.17) is 9.47 Å². The first-order valence-electron chi connectivity index (χ1n) is 3.95. The van der Waals surface area contributed by atoms with Gasteiger partial charge in [-0.05, 0) is 6.42 Å². The molecule has 0 aliphatic carbocycles. The van der Waals surface area contributed by atoms with Gasteiger partial charge in [0.05, 0.1) is 19.0 Å². The van der Waals surface area contributed by atoms with Crippen molar-refractivity contribution >= 4 is 9.84 Å². The molecule has 0 spiro atoms. The summed E-state index contributed by atoms with van der Waals surface area (Å²) in [5, 5.41) is 0. The van der Waals surface area contributed by atoms with E-state index in [1.165, 1.54) is 6.26 Å². The van der Waals surface area contributed by atoms with Gasteiger partial charge in [-0.1, -0.05) is 0 Å². The van der Waals surface area contributed by atoms with Gasteiger partial charge in [-0.3, -0.25) is 0 Å². The molecule has 1 aliphatic heterocycles. The SMILES string of the molecule is CS(=O)(=O)CCCOCC1CO1. The van der Waals surface area contributed by atoms with E-state index in [2.05, 4.69) is 0 Å². The zero-order chi connectivity index (χ0) is 9.03. The van der Waals surface area contributed by atoms with E-state index in [0.717, 1.165) is 6.61 Å². The summed E-state index contributed by atoms with van der Waals surface area (Å²) in [6, 6.07) is 0. The lowest BCUT2D eigenvalue weighted by Crippen LogP contribution is -2.08. The molecule has 0 bridgehead atoms. The average Bonchev–Trinajstić information content (AvgIpc) is 2.68. The average molecular weight is 194 g/mol. The molecule has 1 aliphatic rings. The van der Waals surface area contributed by atoms with E-state index in [-0.39, 0.29) is 11.9 Å². The van der Waals surface area contributed by atoms with Crippen LogP contribution in [0.3, 0.4) is 0 Å². The second-order valence-corrected chi connectivity index (χ2v) is 5.27. The molecule has 4 nitrogen and oxygen atoms in total. The molecule has 0 radical (unpaired) electrons. The van der Waals surface area contributed by atoms with Crippen LogP contribution >= 0.6 is 0 Å². The van der Waals surface area contributed by atoms with Crippen LogP contribution in [-0.2, 0) is 19.3 Å². The zero-order valence-corrected chi connectivity index (χ0v) is 7.97. The Balaban J connectivity index is 1.88. The fraction of sp³-hybridized carbons (Fsp3) is 1.00. The quantitative estimate of drug-likeness (QED) is 0.435. The number of ether oxygens (including phenoxy) is 2. The molecule has 0 N–H and O–H groups in total. The number of hydrogen-bond acceptors (Lipinski definition) is 4. The molecule has 1 saturated heterocycles. The lowest BCUT2D eigenvalue weighted by Gasteiger charge is -2.00. The summed E-state index contributed by atoms with van der Waals surface area (Å²) in [5.74, 6) is 0.207. The predicted molar refractivity (Wildman–Crippen MR) is 44.9 cm³/mol. The van der Waals surface area contributed by atoms with Crippen molar-refractivity contribution in [2.75, 3.05) is 31.8 Å². The van der Waals surface area contributed by atoms with E-state index >= 15 is 0 Å². The second-order valence-electron chi connectivity index (χ2n) is 3.01. The standard InChI is InChI=1S/C7H14O4S/c1-12(8,9)4-2-3-10-5-7-6-11-7/h7H,2-6H2,1H3. The van der Waals surface area contributed by atoms with Crippen molar-refractivity contribution < 1.29 is 17.9 Å². The van der Waals surface area contributed by atoms with Crippen LogP contribution in [0.25, 0.3) is 0 Å². The molecule has 1 rings (SSSR count). The molecule has 0 amide bonds. The molecule has 12 heavy (non-hydrogen) atoms. The van der Waals surface area contributed by atoms with E-state index in [0.29, 0.717) is 19.6 Å². The van der Waals surface area contributed by atoms with Crippen LogP contribution in [0.4, 0.5) is 0 Å². The van der Waals surface area contributed by atoms with Crippen molar-refractivity contribution in [1.29, 1.82) is 0 Å². The predicted octanol–water partition coefficient (Wildman–Crippen LogP) is -0.163. The maximum Gasteiger partial charge on any atom is 0.147 e. The van der Waals surface area contributed by atoms with Gasteiger partial charge in [0.15, 0.2) is 0 Å². The highest BCUT2D eigenvalue weighted by Gasteiger charge is 2.21. The Morgan fingerprint density at radius 1 is 1.58 bits per heavy atom. The van der Waals surface area contributed by atoms with Gasteiger partial charge in [-0.15, -0.1) is 0 Å². The van der Waals surface area contributed by atoms with Crippen LogP contribution in [0.15, 0.2) is 0 Å². The van der Waals surface area contributed by atoms with Crippen molar-refractivity contribution in [3.8, 4) is 0 Å². The molecule has 0 aromatic rings. The van der Waals surface area contributed by atoms with Gasteiger partial charge < -0.3 is 9.47 Å². The molecule has 0 saturated carbocycles. The van der Waals surface area contributed by atoms with Gasteiger partial charge in [0.1, 0.15) is 15.9 Å². The zero-order valence-electron chi connectivity index (χ0n) is 7.15. The van der Waals surface area contributed by atoms with Crippen LogP contribution in [0.5, 0.6) is 0 Å². The van der Waals surface area contributed by atoms with Crippen molar-refractivity contribution in [2.45, 2.75) is 12.5 Å². The summed E-state index contributed by atoms with van der Waals surface area (Å²) in [4.78, 5) is 0. The molecular weight excluding hydrogens is 180 g/mol.